The second kappa shape index (κ2) is 4.56. The molecule has 0 fully saturated rings. The highest BCUT2D eigenvalue weighted by Crippen LogP contribution is 2.19. The summed E-state index contributed by atoms with van der Waals surface area (Å²) < 4.78 is 0. The summed E-state index contributed by atoms with van der Waals surface area (Å²) in [6.45, 7) is 0.611. The van der Waals surface area contributed by atoms with Crippen LogP contribution >= 0.6 is 0 Å². The quantitative estimate of drug-likeness (QED) is 0.737. The van der Waals surface area contributed by atoms with Gasteiger partial charge in [0, 0.05) is 18.4 Å². The van der Waals surface area contributed by atoms with Crippen LogP contribution in [-0.4, -0.2) is 4.98 Å². The molecule has 2 rings (SSSR count). The van der Waals surface area contributed by atoms with Gasteiger partial charge < -0.3 is 5.73 Å². The van der Waals surface area contributed by atoms with Gasteiger partial charge in [-0.1, -0.05) is 18.9 Å². The Hall–Kier alpha value is -0.890. The molecule has 1 heterocycles. The number of aromatic nitrogens is 1. The molecule has 0 atom stereocenters. The van der Waals surface area contributed by atoms with E-state index in [-0.39, 0.29) is 0 Å². The van der Waals surface area contributed by atoms with Gasteiger partial charge in [0.1, 0.15) is 0 Å². The number of hydrogen-bond donors (Lipinski definition) is 1. The summed E-state index contributed by atoms with van der Waals surface area (Å²) in [4.78, 5) is 4.51. The number of nitrogens with zero attached hydrogens (tertiary/aromatic N) is 1. The minimum atomic E-state index is 0.611. The lowest BCUT2D eigenvalue weighted by molar-refractivity contribution is 0.608. The minimum Gasteiger partial charge on any atom is -0.326 e. The molecule has 2 N–H and O–H groups in total. The average molecular weight is 190 g/mol. The second-order valence-corrected chi connectivity index (χ2v) is 4.07. The number of aryl methyl sites for hydroxylation is 2. The molecule has 0 spiro atoms. The monoisotopic (exact) mass is 190 g/mol. The van der Waals surface area contributed by atoms with Crippen LogP contribution in [0.15, 0.2) is 12.3 Å². The van der Waals surface area contributed by atoms with Crippen LogP contribution in [0, 0.1) is 0 Å². The van der Waals surface area contributed by atoms with Crippen molar-refractivity contribution in [2.24, 2.45) is 5.73 Å². The first kappa shape index (κ1) is 9.66. The van der Waals surface area contributed by atoms with E-state index in [9.17, 15) is 0 Å². The summed E-state index contributed by atoms with van der Waals surface area (Å²) in [5.41, 5.74) is 9.53. The Labute approximate surface area is 85.5 Å². The molecule has 0 aliphatic heterocycles. The Kier molecular flexibility index (Phi) is 3.14. The topological polar surface area (TPSA) is 38.9 Å². The van der Waals surface area contributed by atoms with E-state index in [2.05, 4.69) is 11.1 Å². The van der Waals surface area contributed by atoms with E-state index in [1.165, 1.54) is 48.9 Å². The van der Waals surface area contributed by atoms with Crippen LogP contribution in [0.4, 0.5) is 0 Å². The van der Waals surface area contributed by atoms with Gasteiger partial charge >= 0.3 is 0 Å². The molecule has 0 saturated heterocycles. The summed E-state index contributed by atoms with van der Waals surface area (Å²) in [5.74, 6) is 0. The molecule has 1 aromatic rings. The van der Waals surface area contributed by atoms with Crippen LogP contribution in [0.5, 0.6) is 0 Å². The normalized spacial score (nSPS) is 16.9. The van der Waals surface area contributed by atoms with Crippen molar-refractivity contribution in [2.45, 2.75) is 45.1 Å². The Bertz CT molecular complexity index is 307. The molecule has 2 nitrogen and oxygen atoms in total. The molecule has 0 amide bonds. The third-order valence-electron chi connectivity index (χ3n) is 2.96. The fraction of sp³-hybridized carbons (Fsp3) is 0.583. The SMILES string of the molecule is NCc1cnc2c(c1)CCCCCC2. The van der Waals surface area contributed by atoms with E-state index < -0.39 is 0 Å². The minimum absolute atomic E-state index is 0.611. The van der Waals surface area contributed by atoms with Crippen molar-refractivity contribution in [2.75, 3.05) is 0 Å². The summed E-state index contributed by atoms with van der Waals surface area (Å²) in [7, 11) is 0. The highest BCUT2D eigenvalue weighted by atomic mass is 14.7. The van der Waals surface area contributed by atoms with Gasteiger partial charge in [-0.15, -0.1) is 0 Å². The van der Waals surface area contributed by atoms with E-state index in [0.717, 1.165) is 6.42 Å². The fourth-order valence-electron chi connectivity index (χ4n) is 2.10. The number of hydrogen-bond acceptors (Lipinski definition) is 2. The van der Waals surface area contributed by atoms with Crippen LogP contribution in [-0.2, 0) is 19.4 Å². The van der Waals surface area contributed by atoms with E-state index in [0.29, 0.717) is 6.54 Å². The van der Waals surface area contributed by atoms with Gasteiger partial charge in [0.25, 0.3) is 0 Å². The van der Waals surface area contributed by atoms with E-state index in [4.69, 9.17) is 5.73 Å². The molecule has 0 unspecified atom stereocenters. The molecule has 1 aromatic heterocycles. The van der Waals surface area contributed by atoms with Crippen molar-refractivity contribution in [3.8, 4) is 0 Å². The zero-order chi connectivity index (χ0) is 9.80. The largest absolute Gasteiger partial charge is 0.326 e. The summed E-state index contributed by atoms with van der Waals surface area (Å²) in [6.07, 6.45) is 9.60. The first-order valence-electron chi connectivity index (χ1n) is 5.57. The van der Waals surface area contributed by atoms with Crippen molar-refractivity contribution >= 4 is 0 Å². The zero-order valence-corrected chi connectivity index (χ0v) is 8.63. The van der Waals surface area contributed by atoms with Crippen LogP contribution in [0.1, 0.15) is 42.5 Å². The van der Waals surface area contributed by atoms with E-state index >= 15 is 0 Å². The molecule has 2 heteroatoms. The summed E-state index contributed by atoms with van der Waals surface area (Å²) in [5, 5.41) is 0. The second-order valence-electron chi connectivity index (χ2n) is 4.07. The van der Waals surface area contributed by atoms with Crippen molar-refractivity contribution in [3.63, 3.8) is 0 Å². The Morgan fingerprint density at radius 1 is 1.14 bits per heavy atom. The molecule has 0 bridgehead atoms. The summed E-state index contributed by atoms with van der Waals surface area (Å²) >= 11 is 0. The molecule has 0 saturated carbocycles. The van der Waals surface area contributed by atoms with Crippen molar-refractivity contribution in [3.05, 3.63) is 29.1 Å². The number of fused-ring (bicyclic) bond motifs is 1. The molecule has 1 aliphatic rings. The van der Waals surface area contributed by atoms with Gasteiger partial charge in [0.2, 0.25) is 0 Å². The van der Waals surface area contributed by atoms with Crippen molar-refractivity contribution < 1.29 is 0 Å². The predicted octanol–water partition coefficient (Wildman–Crippen LogP) is 2.20. The fourth-order valence-corrected chi connectivity index (χ4v) is 2.10. The lowest BCUT2D eigenvalue weighted by atomic mass is 9.96. The van der Waals surface area contributed by atoms with Crippen LogP contribution in [0.3, 0.4) is 0 Å². The smallest absolute Gasteiger partial charge is 0.0435 e. The Balaban J connectivity index is 2.26. The molecule has 14 heavy (non-hydrogen) atoms. The van der Waals surface area contributed by atoms with Crippen molar-refractivity contribution in [1.82, 2.24) is 4.98 Å². The highest BCUT2D eigenvalue weighted by molar-refractivity contribution is 5.26. The molecular weight excluding hydrogens is 172 g/mol. The Morgan fingerprint density at radius 3 is 2.71 bits per heavy atom. The maximum Gasteiger partial charge on any atom is 0.0435 e. The highest BCUT2D eigenvalue weighted by Gasteiger charge is 2.08. The lowest BCUT2D eigenvalue weighted by Crippen LogP contribution is -2.05. The maximum absolute atomic E-state index is 5.61. The predicted molar refractivity (Wildman–Crippen MR) is 58.0 cm³/mol. The summed E-state index contributed by atoms with van der Waals surface area (Å²) in [6, 6.07) is 2.24. The molecule has 76 valence electrons. The van der Waals surface area contributed by atoms with Gasteiger partial charge in [-0.2, -0.15) is 0 Å². The number of nitrogens with two attached hydrogens (primary N) is 1. The van der Waals surface area contributed by atoms with Crippen LogP contribution in [0.2, 0.25) is 0 Å². The first-order valence-corrected chi connectivity index (χ1v) is 5.57. The lowest BCUT2D eigenvalue weighted by Gasteiger charge is -2.13. The molecule has 1 aliphatic carbocycles. The van der Waals surface area contributed by atoms with Gasteiger partial charge in [0.15, 0.2) is 0 Å². The molecule has 0 aromatic carbocycles. The van der Waals surface area contributed by atoms with Gasteiger partial charge in [0.05, 0.1) is 0 Å². The first-order chi connectivity index (χ1) is 6.90. The van der Waals surface area contributed by atoms with Gasteiger partial charge in [-0.25, -0.2) is 0 Å². The third-order valence-corrected chi connectivity index (χ3v) is 2.96. The standard InChI is InChI=1S/C12H18N2/c13-8-10-7-11-5-3-1-2-4-6-12(11)14-9-10/h7,9H,1-6,8,13H2. The zero-order valence-electron chi connectivity index (χ0n) is 8.63. The number of pyridine rings is 1. The van der Waals surface area contributed by atoms with Crippen molar-refractivity contribution in [1.29, 1.82) is 0 Å². The molecule has 0 radical (unpaired) electrons. The van der Waals surface area contributed by atoms with Crippen LogP contribution < -0.4 is 5.73 Å². The average Bonchev–Trinajstić information content (AvgIpc) is 2.18. The Morgan fingerprint density at radius 2 is 1.93 bits per heavy atom. The van der Waals surface area contributed by atoms with Crippen LogP contribution in [0.25, 0.3) is 0 Å². The van der Waals surface area contributed by atoms with Gasteiger partial charge in [-0.3, -0.25) is 4.98 Å². The number of rotatable bonds is 1. The van der Waals surface area contributed by atoms with Gasteiger partial charge in [-0.05, 0) is 36.8 Å². The molecular formula is C12H18N2. The van der Waals surface area contributed by atoms with E-state index in [1.807, 2.05) is 6.20 Å². The van der Waals surface area contributed by atoms with E-state index in [1.54, 1.807) is 0 Å². The third kappa shape index (κ3) is 2.13. The maximum atomic E-state index is 5.61.